The second-order valence-electron chi connectivity index (χ2n) is 3.52. The van der Waals surface area contributed by atoms with E-state index >= 15 is 0 Å². The molecule has 4 heteroatoms. The maximum absolute atomic E-state index is 9.97. The minimum Gasteiger partial charge on any atom is -0.371 e. The van der Waals surface area contributed by atoms with Crippen molar-refractivity contribution in [3.05, 3.63) is 0 Å². The Hall–Kier alpha value is -0.350. The summed E-state index contributed by atoms with van der Waals surface area (Å²) >= 11 is 5.11. The third-order valence-corrected chi connectivity index (χ3v) is 2.54. The van der Waals surface area contributed by atoms with Gasteiger partial charge in [0.15, 0.2) is 5.11 Å². The van der Waals surface area contributed by atoms with Crippen LogP contribution in [0.3, 0.4) is 0 Å². The molecule has 1 rings (SSSR count). The Morgan fingerprint density at radius 3 is 2.83 bits per heavy atom. The summed E-state index contributed by atoms with van der Waals surface area (Å²) < 4.78 is 0. The van der Waals surface area contributed by atoms with Gasteiger partial charge in [-0.15, -0.1) is 0 Å². The highest BCUT2D eigenvalue weighted by Crippen LogP contribution is 2.22. The quantitative estimate of drug-likeness (QED) is 0.593. The first-order valence-corrected chi connectivity index (χ1v) is 4.68. The van der Waals surface area contributed by atoms with Crippen molar-refractivity contribution in [3.63, 3.8) is 0 Å². The average molecular weight is 188 g/mol. The molecule has 2 atom stereocenters. The fraction of sp³-hybridized carbons (Fsp3) is 0.875. The summed E-state index contributed by atoms with van der Waals surface area (Å²) in [5.41, 5.74) is -0.781. The van der Waals surface area contributed by atoms with Crippen LogP contribution in [0.5, 0.6) is 0 Å². The van der Waals surface area contributed by atoms with Gasteiger partial charge in [-0.05, 0) is 33.0 Å². The summed E-state index contributed by atoms with van der Waals surface area (Å²) in [6, 6.07) is 0.260. The lowest BCUT2D eigenvalue weighted by Crippen LogP contribution is -2.61. The van der Waals surface area contributed by atoms with Crippen LogP contribution >= 0.6 is 12.2 Å². The van der Waals surface area contributed by atoms with Crippen LogP contribution in [0, 0.1) is 0 Å². The topological polar surface area (TPSA) is 35.5 Å². The highest BCUT2D eigenvalue weighted by Gasteiger charge is 2.36. The van der Waals surface area contributed by atoms with Gasteiger partial charge in [0.2, 0.25) is 0 Å². The van der Waals surface area contributed by atoms with E-state index in [2.05, 4.69) is 5.32 Å². The Morgan fingerprint density at radius 2 is 2.42 bits per heavy atom. The van der Waals surface area contributed by atoms with Crippen molar-refractivity contribution in [2.75, 3.05) is 6.54 Å². The Morgan fingerprint density at radius 1 is 1.83 bits per heavy atom. The van der Waals surface area contributed by atoms with E-state index in [1.54, 1.807) is 6.92 Å². The highest BCUT2D eigenvalue weighted by molar-refractivity contribution is 7.80. The van der Waals surface area contributed by atoms with Crippen LogP contribution in [-0.4, -0.2) is 33.4 Å². The van der Waals surface area contributed by atoms with E-state index in [-0.39, 0.29) is 6.04 Å². The molecule has 2 N–H and O–H groups in total. The van der Waals surface area contributed by atoms with Crippen LogP contribution in [0.25, 0.3) is 0 Å². The van der Waals surface area contributed by atoms with Gasteiger partial charge in [0, 0.05) is 19.0 Å². The van der Waals surface area contributed by atoms with Crippen molar-refractivity contribution in [1.82, 2.24) is 10.2 Å². The molecule has 0 aromatic heterocycles. The van der Waals surface area contributed by atoms with Gasteiger partial charge >= 0.3 is 0 Å². The molecular formula is C8H16N2OS. The fourth-order valence-corrected chi connectivity index (χ4v) is 2.26. The van der Waals surface area contributed by atoms with Gasteiger partial charge in [0.05, 0.1) is 0 Å². The molecule has 0 aromatic rings. The maximum atomic E-state index is 9.97. The summed E-state index contributed by atoms with van der Waals surface area (Å²) in [6.07, 6.45) is 0.709. The molecule has 0 amide bonds. The molecule has 0 saturated carbocycles. The zero-order valence-corrected chi connectivity index (χ0v) is 8.61. The molecule has 70 valence electrons. The smallest absolute Gasteiger partial charge is 0.171 e. The molecule has 1 aliphatic heterocycles. The van der Waals surface area contributed by atoms with E-state index in [9.17, 15) is 5.11 Å². The molecule has 0 bridgehead atoms. The van der Waals surface area contributed by atoms with E-state index in [0.29, 0.717) is 11.5 Å². The summed E-state index contributed by atoms with van der Waals surface area (Å²) in [4.78, 5) is 1.81. The lowest BCUT2D eigenvalue weighted by Gasteiger charge is -2.45. The van der Waals surface area contributed by atoms with Gasteiger partial charge in [0.1, 0.15) is 5.72 Å². The zero-order chi connectivity index (χ0) is 9.35. The highest BCUT2D eigenvalue weighted by atomic mass is 32.1. The summed E-state index contributed by atoms with van der Waals surface area (Å²) in [5.74, 6) is 0. The molecule has 3 nitrogen and oxygen atoms in total. The van der Waals surface area contributed by atoms with E-state index in [1.807, 2.05) is 18.7 Å². The van der Waals surface area contributed by atoms with E-state index in [0.717, 1.165) is 6.54 Å². The Labute approximate surface area is 78.8 Å². The van der Waals surface area contributed by atoms with Crippen LogP contribution < -0.4 is 5.32 Å². The molecular weight excluding hydrogens is 172 g/mol. The number of rotatable bonds is 1. The van der Waals surface area contributed by atoms with E-state index in [1.165, 1.54) is 0 Å². The number of aliphatic hydroxyl groups is 1. The molecule has 0 aromatic carbocycles. The van der Waals surface area contributed by atoms with Crippen molar-refractivity contribution in [2.45, 2.75) is 39.0 Å². The summed E-state index contributed by atoms with van der Waals surface area (Å²) in [5, 5.41) is 13.8. The predicted octanol–water partition coefficient (Wildman–Crippen LogP) is 0.683. The average Bonchev–Trinajstić information content (AvgIpc) is 1.82. The van der Waals surface area contributed by atoms with Gasteiger partial charge in [0.25, 0.3) is 0 Å². The van der Waals surface area contributed by atoms with Crippen LogP contribution in [-0.2, 0) is 0 Å². The fourth-order valence-electron chi connectivity index (χ4n) is 1.73. The SMILES string of the molecule is CCN1C(=S)NC(C)CC1(C)O. The number of hydrogen-bond donors (Lipinski definition) is 2. The minimum absolute atomic E-state index is 0.260. The Bertz CT molecular complexity index is 193. The van der Waals surface area contributed by atoms with Crippen LogP contribution in [0.1, 0.15) is 27.2 Å². The second-order valence-corrected chi connectivity index (χ2v) is 3.90. The van der Waals surface area contributed by atoms with Crippen molar-refractivity contribution in [3.8, 4) is 0 Å². The number of nitrogens with one attached hydrogen (secondary N) is 1. The molecule has 1 aliphatic rings. The molecule has 12 heavy (non-hydrogen) atoms. The Balaban J connectivity index is 2.78. The van der Waals surface area contributed by atoms with Crippen molar-refractivity contribution in [1.29, 1.82) is 0 Å². The number of hydrogen-bond acceptors (Lipinski definition) is 2. The molecule has 1 saturated heterocycles. The first-order valence-electron chi connectivity index (χ1n) is 4.28. The molecule has 0 radical (unpaired) electrons. The zero-order valence-electron chi connectivity index (χ0n) is 7.79. The van der Waals surface area contributed by atoms with Crippen molar-refractivity contribution in [2.24, 2.45) is 0 Å². The van der Waals surface area contributed by atoms with Crippen LogP contribution in [0.15, 0.2) is 0 Å². The standard InChI is InChI=1S/C8H16N2OS/c1-4-10-7(12)9-6(2)5-8(10,3)11/h6,11H,4-5H2,1-3H3,(H,9,12). The normalized spacial score (nSPS) is 36.5. The van der Waals surface area contributed by atoms with Gasteiger partial charge in [-0.2, -0.15) is 0 Å². The molecule has 0 aliphatic carbocycles. The van der Waals surface area contributed by atoms with Crippen molar-refractivity contribution < 1.29 is 5.11 Å². The van der Waals surface area contributed by atoms with Gasteiger partial charge in [-0.25, -0.2) is 0 Å². The maximum Gasteiger partial charge on any atom is 0.171 e. The monoisotopic (exact) mass is 188 g/mol. The van der Waals surface area contributed by atoms with Gasteiger partial charge in [-0.1, -0.05) is 0 Å². The largest absolute Gasteiger partial charge is 0.371 e. The van der Waals surface area contributed by atoms with Crippen LogP contribution in [0.2, 0.25) is 0 Å². The predicted molar refractivity (Wildman–Crippen MR) is 52.8 cm³/mol. The van der Waals surface area contributed by atoms with E-state index in [4.69, 9.17) is 12.2 Å². The molecule has 1 heterocycles. The molecule has 0 spiro atoms. The third-order valence-electron chi connectivity index (χ3n) is 2.21. The molecule has 2 unspecified atom stereocenters. The first-order chi connectivity index (χ1) is 5.47. The molecule has 1 fully saturated rings. The lowest BCUT2D eigenvalue weighted by atomic mass is 10.0. The Kier molecular flexibility index (Phi) is 2.58. The lowest BCUT2D eigenvalue weighted by molar-refractivity contribution is -0.0735. The number of nitrogens with zero attached hydrogens (tertiary/aromatic N) is 1. The first kappa shape index (κ1) is 9.74. The summed E-state index contributed by atoms with van der Waals surface area (Å²) in [6.45, 7) is 6.55. The number of thiocarbonyl (C=S) groups is 1. The van der Waals surface area contributed by atoms with Gasteiger partial charge < -0.3 is 15.3 Å². The van der Waals surface area contributed by atoms with Crippen LogP contribution in [0.4, 0.5) is 0 Å². The minimum atomic E-state index is -0.781. The third kappa shape index (κ3) is 1.69. The second kappa shape index (κ2) is 3.18. The van der Waals surface area contributed by atoms with E-state index < -0.39 is 5.72 Å². The summed E-state index contributed by atoms with van der Waals surface area (Å²) in [7, 11) is 0. The van der Waals surface area contributed by atoms with Crippen molar-refractivity contribution >= 4 is 17.3 Å². The van der Waals surface area contributed by atoms with Gasteiger partial charge in [-0.3, -0.25) is 0 Å².